The first-order chi connectivity index (χ1) is 16.2. The summed E-state index contributed by atoms with van der Waals surface area (Å²) in [6.45, 7) is 2.98. The van der Waals surface area contributed by atoms with E-state index in [9.17, 15) is 19.5 Å². The van der Waals surface area contributed by atoms with Gasteiger partial charge in [0.1, 0.15) is 11.2 Å². The molecule has 0 atom stereocenters. The average Bonchev–Trinajstić information content (AvgIpc) is 2.84. The number of nitrogens with one attached hydrogen (secondary N) is 2. The van der Waals surface area contributed by atoms with Crippen molar-refractivity contribution >= 4 is 34.5 Å². The molecule has 34 heavy (non-hydrogen) atoms. The normalized spacial score (nSPS) is 18.3. The third-order valence-electron chi connectivity index (χ3n) is 6.39. The van der Waals surface area contributed by atoms with Crippen LogP contribution >= 0.6 is 0 Å². The molecule has 1 saturated carbocycles. The first-order valence-corrected chi connectivity index (χ1v) is 11.4. The number of carboxylic acids is 1. The maximum absolute atomic E-state index is 12.6. The van der Waals surface area contributed by atoms with E-state index >= 15 is 0 Å². The van der Waals surface area contributed by atoms with Gasteiger partial charge in [0.2, 0.25) is 5.91 Å². The van der Waals surface area contributed by atoms with Gasteiger partial charge in [-0.2, -0.15) is 0 Å². The van der Waals surface area contributed by atoms with Gasteiger partial charge in [-0.25, -0.2) is 9.78 Å². The van der Waals surface area contributed by atoms with E-state index in [1.807, 2.05) is 48.5 Å². The molecule has 1 aliphatic carbocycles. The van der Waals surface area contributed by atoms with E-state index in [1.165, 1.54) is 20.0 Å². The molecule has 1 heterocycles. The topological polar surface area (TPSA) is 121 Å². The van der Waals surface area contributed by atoms with E-state index in [2.05, 4.69) is 20.6 Å². The second-order valence-corrected chi connectivity index (χ2v) is 9.29. The molecule has 0 aliphatic heterocycles. The zero-order valence-electron chi connectivity index (χ0n) is 19.2. The second kappa shape index (κ2) is 9.59. The molecule has 1 fully saturated rings. The number of carboxylic acid groups (broad SMARTS) is 1. The highest BCUT2D eigenvalue weighted by atomic mass is 16.4. The molecule has 2 amide bonds. The molecule has 0 spiro atoms. The van der Waals surface area contributed by atoms with Crippen LogP contribution in [0.2, 0.25) is 0 Å². The largest absolute Gasteiger partial charge is 0.480 e. The molecule has 0 bridgehead atoms. The fraction of sp³-hybridized carbons (Fsp3) is 0.346. The summed E-state index contributed by atoms with van der Waals surface area (Å²) < 4.78 is 0. The van der Waals surface area contributed by atoms with Crippen LogP contribution in [0.15, 0.2) is 54.7 Å². The number of amides is 2. The molecular formula is C26H28N4O4. The standard InChI is InChI=1S/C26H28N4O4/c1-26(2,25(33)34)30-23(31)18-9-7-16(8-10-18)17-11-13-19(14-12-17)28-24(32)22-15-27-20-5-3-4-6-21(20)29-22/h3-6,11-16,18H,7-10H2,1-2H3,(H,28,32)(H,30,31)(H,33,34). The first-order valence-electron chi connectivity index (χ1n) is 11.4. The molecule has 0 unspecified atom stereocenters. The zero-order chi connectivity index (χ0) is 24.3. The highest BCUT2D eigenvalue weighted by Crippen LogP contribution is 2.36. The summed E-state index contributed by atoms with van der Waals surface area (Å²) in [6, 6.07) is 15.1. The van der Waals surface area contributed by atoms with Crippen LogP contribution in [-0.2, 0) is 9.59 Å². The van der Waals surface area contributed by atoms with Crippen molar-refractivity contribution in [3.8, 4) is 0 Å². The fourth-order valence-corrected chi connectivity index (χ4v) is 4.25. The van der Waals surface area contributed by atoms with Crippen LogP contribution in [-0.4, -0.2) is 38.4 Å². The number of hydrogen-bond donors (Lipinski definition) is 3. The lowest BCUT2D eigenvalue weighted by molar-refractivity contribution is -0.146. The number of anilines is 1. The van der Waals surface area contributed by atoms with Crippen molar-refractivity contribution in [1.82, 2.24) is 15.3 Å². The fourth-order valence-electron chi connectivity index (χ4n) is 4.25. The summed E-state index contributed by atoms with van der Waals surface area (Å²) in [4.78, 5) is 45.0. The average molecular weight is 461 g/mol. The number of nitrogens with zero attached hydrogens (tertiary/aromatic N) is 2. The van der Waals surface area contributed by atoms with Crippen molar-refractivity contribution < 1.29 is 19.5 Å². The van der Waals surface area contributed by atoms with Crippen molar-refractivity contribution in [3.63, 3.8) is 0 Å². The van der Waals surface area contributed by atoms with Gasteiger partial charge in [0.25, 0.3) is 5.91 Å². The number of rotatable bonds is 6. The lowest BCUT2D eigenvalue weighted by atomic mass is 9.78. The number of carbonyl (C=O) groups excluding carboxylic acids is 2. The predicted molar refractivity (Wildman–Crippen MR) is 128 cm³/mol. The van der Waals surface area contributed by atoms with Crippen LogP contribution < -0.4 is 10.6 Å². The number of hydrogen-bond acceptors (Lipinski definition) is 5. The Morgan fingerprint density at radius 3 is 2.24 bits per heavy atom. The molecule has 3 N–H and O–H groups in total. The SMILES string of the molecule is CC(C)(NC(=O)C1CCC(c2ccc(NC(=O)c3cnc4ccccc4n3)cc2)CC1)C(=O)O. The van der Waals surface area contributed by atoms with Crippen molar-refractivity contribution in [3.05, 3.63) is 66.0 Å². The monoisotopic (exact) mass is 460 g/mol. The van der Waals surface area contributed by atoms with Gasteiger partial charge in [-0.05, 0) is 75.3 Å². The smallest absolute Gasteiger partial charge is 0.328 e. The van der Waals surface area contributed by atoms with Crippen LogP contribution in [0.1, 0.15) is 61.5 Å². The highest BCUT2D eigenvalue weighted by Gasteiger charge is 2.33. The maximum Gasteiger partial charge on any atom is 0.328 e. The molecular weight excluding hydrogens is 432 g/mol. The van der Waals surface area contributed by atoms with Crippen LogP contribution in [0.4, 0.5) is 5.69 Å². The minimum absolute atomic E-state index is 0.170. The number of aliphatic carboxylic acids is 1. The molecule has 1 aromatic heterocycles. The third kappa shape index (κ3) is 5.22. The Balaban J connectivity index is 1.32. The van der Waals surface area contributed by atoms with Gasteiger partial charge in [-0.1, -0.05) is 24.3 Å². The lowest BCUT2D eigenvalue weighted by Gasteiger charge is -2.30. The van der Waals surface area contributed by atoms with Crippen molar-refractivity contribution in [2.45, 2.75) is 51.0 Å². The first kappa shape index (κ1) is 23.4. The molecule has 2 aromatic carbocycles. The summed E-state index contributed by atoms with van der Waals surface area (Å²) in [6.07, 6.45) is 4.60. The second-order valence-electron chi connectivity index (χ2n) is 9.29. The van der Waals surface area contributed by atoms with E-state index in [-0.39, 0.29) is 23.4 Å². The molecule has 0 saturated heterocycles. The Morgan fingerprint density at radius 1 is 0.941 bits per heavy atom. The number of benzene rings is 2. The van der Waals surface area contributed by atoms with Gasteiger partial charge in [0.15, 0.2) is 0 Å². The minimum Gasteiger partial charge on any atom is -0.480 e. The quantitative estimate of drug-likeness (QED) is 0.508. The molecule has 3 aromatic rings. The van der Waals surface area contributed by atoms with E-state index in [0.29, 0.717) is 30.0 Å². The maximum atomic E-state index is 12.6. The van der Waals surface area contributed by atoms with Crippen molar-refractivity contribution in [2.75, 3.05) is 5.32 Å². The van der Waals surface area contributed by atoms with E-state index < -0.39 is 11.5 Å². The lowest BCUT2D eigenvalue weighted by Crippen LogP contribution is -2.51. The van der Waals surface area contributed by atoms with E-state index in [1.54, 1.807) is 0 Å². The van der Waals surface area contributed by atoms with Crippen LogP contribution in [0.5, 0.6) is 0 Å². The zero-order valence-corrected chi connectivity index (χ0v) is 19.2. The Morgan fingerprint density at radius 2 is 1.59 bits per heavy atom. The van der Waals surface area contributed by atoms with Crippen LogP contribution in [0.3, 0.4) is 0 Å². The predicted octanol–water partition coefficient (Wildman–Crippen LogP) is 4.14. The number of aromatic nitrogens is 2. The molecule has 8 nitrogen and oxygen atoms in total. The Labute approximate surface area is 197 Å². The van der Waals surface area contributed by atoms with E-state index in [0.717, 1.165) is 23.9 Å². The molecule has 176 valence electrons. The Kier molecular flexibility index (Phi) is 6.58. The number of fused-ring (bicyclic) bond motifs is 1. The molecule has 8 heteroatoms. The summed E-state index contributed by atoms with van der Waals surface area (Å²) in [5.41, 5.74) is 2.22. The van der Waals surface area contributed by atoms with Gasteiger partial charge in [0, 0.05) is 11.6 Å². The number of carbonyl (C=O) groups is 3. The van der Waals surface area contributed by atoms with Gasteiger partial charge >= 0.3 is 5.97 Å². The van der Waals surface area contributed by atoms with Gasteiger partial charge < -0.3 is 15.7 Å². The Bertz CT molecular complexity index is 1210. The van der Waals surface area contributed by atoms with Crippen LogP contribution in [0.25, 0.3) is 11.0 Å². The van der Waals surface area contributed by atoms with E-state index in [4.69, 9.17) is 0 Å². The van der Waals surface area contributed by atoms with Gasteiger partial charge in [0.05, 0.1) is 17.2 Å². The minimum atomic E-state index is -1.27. The van der Waals surface area contributed by atoms with Crippen LogP contribution in [0, 0.1) is 5.92 Å². The number of para-hydroxylation sites is 2. The summed E-state index contributed by atoms with van der Waals surface area (Å²) in [7, 11) is 0. The molecule has 0 radical (unpaired) electrons. The van der Waals surface area contributed by atoms with Gasteiger partial charge in [-0.3, -0.25) is 14.6 Å². The van der Waals surface area contributed by atoms with Crippen molar-refractivity contribution in [2.24, 2.45) is 5.92 Å². The molecule has 4 rings (SSSR count). The van der Waals surface area contributed by atoms with Gasteiger partial charge in [-0.15, -0.1) is 0 Å². The third-order valence-corrected chi connectivity index (χ3v) is 6.39. The summed E-state index contributed by atoms with van der Waals surface area (Å²) in [5, 5.41) is 14.7. The summed E-state index contributed by atoms with van der Waals surface area (Å²) in [5.74, 6) is -1.40. The van der Waals surface area contributed by atoms with Crippen molar-refractivity contribution in [1.29, 1.82) is 0 Å². The summed E-state index contributed by atoms with van der Waals surface area (Å²) >= 11 is 0. The highest BCUT2D eigenvalue weighted by molar-refractivity contribution is 6.03. The molecule has 1 aliphatic rings. The Hall–Kier alpha value is -3.81.